The van der Waals surface area contributed by atoms with Crippen LogP contribution in [0.5, 0.6) is 23.0 Å². The summed E-state index contributed by atoms with van der Waals surface area (Å²) in [6, 6.07) is 67.0. The highest BCUT2D eigenvalue weighted by Gasteiger charge is 2.50. The predicted molar refractivity (Wildman–Crippen MR) is 210 cm³/mol. The lowest BCUT2D eigenvalue weighted by atomic mass is 9.62. The van der Waals surface area contributed by atoms with E-state index in [0.717, 1.165) is 73.2 Å². The highest BCUT2D eigenvalue weighted by molar-refractivity contribution is 6.13. The molecule has 2 aliphatic rings. The predicted octanol–water partition coefficient (Wildman–Crippen LogP) is 12.7. The fourth-order valence-corrected chi connectivity index (χ4v) is 8.74. The second-order valence-electron chi connectivity index (χ2n) is 13.6. The van der Waals surface area contributed by atoms with Gasteiger partial charge in [-0.3, -0.25) is 0 Å². The lowest BCUT2D eigenvalue weighted by Gasteiger charge is -2.45. The van der Waals surface area contributed by atoms with Crippen molar-refractivity contribution in [2.75, 3.05) is 0 Å². The second kappa shape index (κ2) is 11.1. The topological polar surface area (TPSA) is 23.4 Å². The van der Waals surface area contributed by atoms with Gasteiger partial charge in [0.05, 0.1) is 16.4 Å². The molecule has 1 aromatic heterocycles. The number of hydrogen-bond donors (Lipinski definition) is 0. The molecule has 0 bridgehead atoms. The molecule has 0 saturated heterocycles. The molecule has 8 aromatic carbocycles. The third-order valence-electron chi connectivity index (χ3n) is 10.9. The van der Waals surface area contributed by atoms with Crippen molar-refractivity contribution in [2.24, 2.45) is 0 Å². The van der Waals surface area contributed by atoms with Crippen LogP contribution in [-0.2, 0) is 5.41 Å². The molecule has 3 heterocycles. The average molecular weight is 666 g/mol. The van der Waals surface area contributed by atoms with E-state index >= 15 is 0 Å². The van der Waals surface area contributed by atoms with Crippen molar-refractivity contribution >= 4 is 21.8 Å². The van der Waals surface area contributed by atoms with Crippen molar-refractivity contribution in [3.63, 3.8) is 0 Å². The summed E-state index contributed by atoms with van der Waals surface area (Å²) in [7, 11) is 0. The Morgan fingerprint density at radius 2 is 0.904 bits per heavy atom. The van der Waals surface area contributed by atoms with E-state index in [0.29, 0.717) is 0 Å². The first-order valence-electron chi connectivity index (χ1n) is 17.8. The van der Waals surface area contributed by atoms with E-state index in [9.17, 15) is 0 Å². The normalized spacial score (nSPS) is 13.5. The van der Waals surface area contributed by atoms with E-state index in [2.05, 4.69) is 193 Å². The quantitative estimate of drug-likeness (QED) is 0.187. The van der Waals surface area contributed by atoms with Gasteiger partial charge in [-0.1, -0.05) is 133 Å². The standard InChI is InChI=1S/C49H31NO2/c1-3-14-32(15-4-1)33-26-28-46-41(30-33)49(39-21-8-11-24-44(39)51-45-25-12-9-22-40(45)49)42-31-34(27-29-47(42)52-46)36-19-13-20-38-37-18-7-10-23-43(37)50(48(36)38)35-16-5-2-6-17-35/h1-31H. The Bertz CT molecular complexity index is 2810. The Balaban J connectivity index is 1.24. The molecule has 1 spiro atoms. The van der Waals surface area contributed by atoms with Gasteiger partial charge in [0.1, 0.15) is 23.0 Å². The summed E-state index contributed by atoms with van der Waals surface area (Å²) in [5.74, 6) is 3.38. The van der Waals surface area contributed by atoms with Crippen molar-refractivity contribution in [3.8, 4) is 50.9 Å². The van der Waals surface area contributed by atoms with Gasteiger partial charge in [-0.05, 0) is 71.3 Å². The van der Waals surface area contributed by atoms with Crippen LogP contribution in [0.15, 0.2) is 188 Å². The van der Waals surface area contributed by atoms with Crippen LogP contribution < -0.4 is 9.47 Å². The molecule has 244 valence electrons. The molecule has 0 aliphatic carbocycles. The summed E-state index contributed by atoms with van der Waals surface area (Å²) in [5, 5.41) is 2.45. The molecule has 3 nitrogen and oxygen atoms in total. The van der Waals surface area contributed by atoms with Crippen molar-refractivity contribution in [3.05, 3.63) is 210 Å². The van der Waals surface area contributed by atoms with Gasteiger partial charge in [-0.15, -0.1) is 0 Å². The molecule has 0 amide bonds. The van der Waals surface area contributed by atoms with Gasteiger partial charge in [0.25, 0.3) is 0 Å². The molecule has 11 rings (SSSR count). The van der Waals surface area contributed by atoms with E-state index in [-0.39, 0.29) is 0 Å². The maximum atomic E-state index is 6.90. The number of para-hydroxylation sites is 5. The lowest BCUT2D eigenvalue weighted by molar-refractivity contribution is 0.399. The van der Waals surface area contributed by atoms with E-state index in [1.54, 1.807) is 0 Å². The Morgan fingerprint density at radius 1 is 0.365 bits per heavy atom. The van der Waals surface area contributed by atoms with Crippen molar-refractivity contribution in [2.45, 2.75) is 5.41 Å². The Morgan fingerprint density at radius 3 is 1.62 bits per heavy atom. The highest BCUT2D eigenvalue weighted by atomic mass is 16.5. The number of fused-ring (bicyclic) bond motifs is 11. The fourth-order valence-electron chi connectivity index (χ4n) is 8.74. The summed E-state index contributed by atoms with van der Waals surface area (Å²) in [6.45, 7) is 0. The van der Waals surface area contributed by atoms with Crippen LogP contribution in [0.2, 0.25) is 0 Å². The first kappa shape index (κ1) is 28.9. The van der Waals surface area contributed by atoms with Crippen LogP contribution in [0, 0.1) is 0 Å². The Kier molecular flexibility index (Phi) is 6.17. The van der Waals surface area contributed by atoms with Gasteiger partial charge in [0, 0.05) is 44.3 Å². The summed E-state index contributed by atoms with van der Waals surface area (Å²) < 4.78 is 16.0. The third kappa shape index (κ3) is 4.02. The van der Waals surface area contributed by atoms with Crippen molar-refractivity contribution < 1.29 is 9.47 Å². The summed E-state index contributed by atoms with van der Waals surface area (Å²) >= 11 is 0. The summed E-state index contributed by atoms with van der Waals surface area (Å²) in [4.78, 5) is 0. The molecule has 9 aromatic rings. The van der Waals surface area contributed by atoms with E-state index in [1.165, 1.54) is 21.8 Å². The largest absolute Gasteiger partial charge is 0.457 e. The molecule has 0 atom stereocenters. The molecule has 0 fully saturated rings. The number of hydrogen-bond acceptors (Lipinski definition) is 2. The number of ether oxygens (including phenoxy) is 2. The van der Waals surface area contributed by atoms with E-state index in [1.807, 2.05) is 0 Å². The van der Waals surface area contributed by atoms with Crippen LogP contribution in [0.4, 0.5) is 0 Å². The van der Waals surface area contributed by atoms with E-state index in [4.69, 9.17) is 9.47 Å². The molecule has 0 saturated carbocycles. The first-order chi connectivity index (χ1) is 25.8. The molecular weight excluding hydrogens is 635 g/mol. The van der Waals surface area contributed by atoms with Crippen LogP contribution in [0.25, 0.3) is 49.7 Å². The van der Waals surface area contributed by atoms with Crippen LogP contribution in [0.3, 0.4) is 0 Å². The highest BCUT2D eigenvalue weighted by Crippen LogP contribution is 2.62. The van der Waals surface area contributed by atoms with Crippen molar-refractivity contribution in [1.82, 2.24) is 4.57 Å². The Labute approximate surface area is 301 Å². The fraction of sp³-hybridized carbons (Fsp3) is 0.0204. The minimum atomic E-state index is -0.713. The SMILES string of the molecule is c1ccc(-c2ccc3c(c2)C2(c4ccccc4Oc4ccccc42)c2cc(-c4cccc5c6ccccc6n(-c6ccccc6)c45)ccc2O3)cc1. The number of benzene rings is 8. The minimum Gasteiger partial charge on any atom is -0.457 e. The molecule has 0 radical (unpaired) electrons. The lowest BCUT2D eigenvalue weighted by Crippen LogP contribution is -2.36. The number of nitrogens with zero attached hydrogens (tertiary/aromatic N) is 1. The second-order valence-corrected chi connectivity index (χ2v) is 13.6. The zero-order valence-corrected chi connectivity index (χ0v) is 28.2. The number of rotatable bonds is 3. The van der Waals surface area contributed by atoms with Gasteiger partial charge in [-0.25, -0.2) is 0 Å². The van der Waals surface area contributed by atoms with Crippen LogP contribution >= 0.6 is 0 Å². The van der Waals surface area contributed by atoms with Gasteiger partial charge in [0.2, 0.25) is 0 Å². The maximum Gasteiger partial charge on any atom is 0.132 e. The van der Waals surface area contributed by atoms with Gasteiger partial charge >= 0.3 is 0 Å². The number of aromatic nitrogens is 1. The molecule has 0 N–H and O–H groups in total. The third-order valence-corrected chi connectivity index (χ3v) is 10.9. The molecule has 3 heteroatoms. The Hall–Kier alpha value is -6.84. The molecule has 52 heavy (non-hydrogen) atoms. The van der Waals surface area contributed by atoms with Gasteiger partial charge in [0.15, 0.2) is 0 Å². The van der Waals surface area contributed by atoms with E-state index < -0.39 is 5.41 Å². The molecular formula is C49H31NO2. The van der Waals surface area contributed by atoms with Gasteiger partial charge in [-0.2, -0.15) is 0 Å². The van der Waals surface area contributed by atoms with Gasteiger partial charge < -0.3 is 14.0 Å². The molecule has 0 unspecified atom stereocenters. The summed E-state index contributed by atoms with van der Waals surface area (Å²) in [6.07, 6.45) is 0. The monoisotopic (exact) mass is 665 g/mol. The zero-order valence-electron chi connectivity index (χ0n) is 28.2. The minimum absolute atomic E-state index is 0.713. The first-order valence-corrected chi connectivity index (χ1v) is 17.8. The van der Waals surface area contributed by atoms with Crippen molar-refractivity contribution in [1.29, 1.82) is 0 Å². The molecule has 2 aliphatic heterocycles. The van der Waals surface area contributed by atoms with Crippen LogP contribution in [-0.4, -0.2) is 4.57 Å². The summed E-state index contributed by atoms with van der Waals surface area (Å²) in [5.41, 5.74) is 11.7. The average Bonchev–Trinajstić information content (AvgIpc) is 3.56. The van der Waals surface area contributed by atoms with Crippen LogP contribution in [0.1, 0.15) is 22.3 Å². The zero-order chi connectivity index (χ0) is 34.2. The maximum absolute atomic E-state index is 6.90. The smallest absolute Gasteiger partial charge is 0.132 e.